The number of rotatable bonds is 8. The first-order chi connectivity index (χ1) is 15.4. The number of amides is 3. The van der Waals surface area contributed by atoms with Gasteiger partial charge < -0.3 is 15.5 Å². The van der Waals surface area contributed by atoms with Crippen LogP contribution in [-0.4, -0.2) is 48.3 Å². The standard InChI is InChI=1S/C26H35N3O3/c1-4-13-27-25(31)22-10-7-14-29(17-22)26(32)24(18(2)3)28-23(30)16-19-11-12-20-8-5-6-9-21(20)15-19/h5-6,8-9,11-12,15,18,22,24H,4,7,10,13-14,16-17H2,1-3H3,(H,27,31)(H,28,30). The molecule has 2 aromatic carbocycles. The third-order valence-electron chi connectivity index (χ3n) is 6.08. The number of fused-ring (bicyclic) bond motifs is 1. The van der Waals surface area contributed by atoms with Gasteiger partial charge in [0, 0.05) is 19.6 Å². The fraction of sp³-hybridized carbons (Fsp3) is 0.500. The SMILES string of the molecule is CCCNC(=O)C1CCCN(C(=O)C(NC(=O)Cc2ccc3ccccc3c2)C(C)C)C1. The summed E-state index contributed by atoms with van der Waals surface area (Å²) in [7, 11) is 0. The third-order valence-corrected chi connectivity index (χ3v) is 6.08. The van der Waals surface area contributed by atoms with Crippen molar-refractivity contribution < 1.29 is 14.4 Å². The Morgan fingerprint density at radius 2 is 1.84 bits per heavy atom. The first-order valence-electron chi connectivity index (χ1n) is 11.7. The normalized spacial score (nSPS) is 17.2. The molecule has 1 aliphatic rings. The van der Waals surface area contributed by atoms with Crippen molar-refractivity contribution in [2.24, 2.45) is 11.8 Å². The number of hydrogen-bond acceptors (Lipinski definition) is 3. The highest BCUT2D eigenvalue weighted by atomic mass is 16.2. The number of piperidine rings is 1. The summed E-state index contributed by atoms with van der Waals surface area (Å²) in [5.41, 5.74) is 0.918. The molecule has 1 fully saturated rings. The highest BCUT2D eigenvalue weighted by Gasteiger charge is 2.33. The number of hydrogen-bond donors (Lipinski definition) is 2. The van der Waals surface area contributed by atoms with Crippen LogP contribution in [0.4, 0.5) is 0 Å². The number of likely N-dealkylation sites (tertiary alicyclic amines) is 1. The van der Waals surface area contributed by atoms with Gasteiger partial charge >= 0.3 is 0 Å². The Morgan fingerprint density at radius 1 is 1.09 bits per heavy atom. The minimum Gasteiger partial charge on any atom is -0.356 e. The zero-order valence-corrected chi connectivity index (χ0v) is 19.4. The van der Waals surface area contributed by atoms with Crippen LogP contribution >= 0.6 is 0 Å². The molecule has 2 atom stereocenters. The fourth-order valence-electron chi connectivity index (χ4n) is 4.25. The molecule has 0 aromatic heterocycles. The van der Waals surface area contributed by atoms with Gasteiger partial charge in [-0.25, -0.2) is 0 Å². The summed E-state index contributed by atoms with van der Waals surface area (Å²) in [6.07, 6.45) is 2.70. The molecule has 32 heavy (non-hydrogen) atoms. The quantitative estimate of drug-likeness (QED) is 0.665. The molecule has 1 saturated heterocycles. The van der Waals surface area contributed by atoms with Gasteiger partial charge in [0.2, 0.25) is 17.7 Å². The average molecular weight is 438 g/mol. The average Bonchev–Trinajstić information content (AvgIpc) is 2.80. The lowest BCUT2D eigenvalue weighted by atomic mass is 9.94. The molecular weight excluding hydrogens is 402 g/mol. The molecule has 3 amide bonds. The van der Waals surface area contributed by atoms with Crippen LogP contribution < -0.4 is 10.6 Å². The van der Waals surface area contributed by atoms with Crippen molar-refractivity contribution in [3.05, 3.63) is 48.0 Å². The van der Waals surface area contributed by atoms with Crippen LogP contribution in [0.2, 0.25) is 0 Å². The van der Waals surface area contributed by atoms with Crippen molar-refractivity contribution in [2.75, 3.05) is 19.6 Å². The fourth-order valence-corrected chi connectivity index (χ4v) is 4.25. The van der Waals surface area contributed by atoms with Crippen LogP contribution in [0.25, 0.3) is 10.8 Å². The summed E-state index contributed by atoms with van der Waals surface area (Å²) in [5, 5.41) is 8.12. The van der Waals surface area contributed by atoms with E-state index in [1.165, 1.54) is 0 Å². The van der Waals surface area contributed by atoms with E-state index in [1.807, 2.05) is 63.2 Å². The van der Waals surface area contributed by atoms with Gasteiger partial charge in [0.05, 0.1) is 12.3 Å². The highest BCUT2D eigenvalue weighted by Crippen LogP contribution is 2.20. The molecule has 0 radical (unpaired) electrons. The summed E-state index contributed by atoms with van der Waals surface area (Å²) in [6.45, 7) is 7.59. The zero-order valence-electron chi connectivity index (χ0n) is 19.4. The van der Waals surface area contributed by atoms with Crippen LogP contribution in [0.5, 0.6) is 0 Å². The molecule has 6 nitrogen and oxygen atoms in total. The summed E-state index contributed by atoms with van der Waals surface area (Å²) >= 11 is 0. The van der Waals surface area contributed by atoms with E-state index in [2.05, 4.69) is 10.6 Å². The van der Waals surface area contributed by atoms with Gasteiger partial charge in [-0.15, -0.1) is 0 Å². The number of nitrogens with one attached hydrogen (secondary N) is 2. The van der Waals surface area contributed by atoms with Crippen LogP contribution in [0, 0.1) is 11.8 Å². The maximum Gasteiger partial charge on any atom is 0.245 e. The van der Waals surface area contributed by atoms with Gasteiger partial charge in [-0.1, -0.05) is 63.2 Å². The molecule has 2 aromatic rings. The molecule has 172 valence electrons. The lowest BCUT2D eigenvalue weighted by Crippen LogP contribution is -2.55. The number of carbonyl (C=O) groups is 3. The monoisotopic (exact) mass is 437 g/mol. The molecule has 0 aliphatic carbocycles. The maximum absolute atomic E-state index is 13.3. The summed E-state index contributed by atoms with van der Waals surface area (Å²) in [6, 6.07) is 13.4. The predicted octanol–water partition coefficient (Wildman–Crippen LogP) is 3.29. The number of nitrogens with zero attached hydrogens (tertiary/aromatic N) is 1. The van der Waals surface area contributed by atoms with Gasteiger partial charge in [-0.05, 0) is 41.5 Å². The molecule has 0 bridgehead atoms. The second kappa shape index (κ2) is 11.1. The Bertz CT molecular complexity index is 956. The van der Waals surface area contributed by atoms with E-state index >= 15 is 0 Å². The van der Waals surface area contributed by atoms with E-state index in [0.29, 0.717) is 19.6 Å². The molecule has 1 aliphatic heterocycles. The predicted molar refractivity (Wildman–Crippen MR) is 127 cm³/mol. The molecule has 2 unspecified atom stereocenters. The van der Waals surface area contributed by atoms with Gasteiger partial charge in [-0.3, -0.25) is 14.4 Å². The molecule has 3 rings (SSSR count). The molecule has 0 spiro atoms. The lowest BCUT2D eigenvalue weighted by molar-refractivity contribution is -0.140. The van der Waals surface area contributed by atoms with Crippen LogP contribution in [0.1, 0.15) is 45.6 Å². The van der Waals surface area contributed by atoms with Crippen LogP contribution in [-0.2, 0) is 20.8 Å². The van der Waals surface area contributed by atoms with E-state index in [1.54, 1.807) is 4.90 Å². The van der Waals surface area contributed by atoms with Crippen molar-refractivity contribution in [3.63, 3.8) is 0 Å². The minimum atomic E-state index is -0.597. The minimum absolute atomic E-state index is 0.0192. The topological polar surface area (TPSA) is 78.5 Å². The summed E-state index contributed by atoms with van der Waals surface area (Å²) < 4.78 is 0. The Labute approximate surface area is 190 Å². The van der Waals surface area contributed by atoms with Crippen molar-refractivity contribution in [1.82, 2.24) is 15.5 Å². The Balaban J connectivity index is 1.62. The Kier molecular flexibility index (Phi) is 8.26. The zero-order chi connectivity index (χ0) is 23.1. The van der Waals surface area contributed by atoms with E-state index in [-0.39, 0.29) is 36.0 Å². The van der Waals surface area contributed by atoms with Crippen molar-refractivity contribution in [1.29, 1.82) is 0 Å². The van der Waals surface area contributed by atoms with E-state index in [4.69, 9.17) is 0 Å². The lowest BCUT2D eigenvalue weighted by Gasteiger charge is -2.35. The molecule has 6 heteroatoms. The van der Waals surface area contributed by atoms with Crippen LogP contribution in [0.15, 0.2) is 42.5 Å². The van der Waals surface area contributed by atoms with Gasteiger partial charge in [-0.2, -0.15) is 0 Å². The van der Waals surface area contributed by atoms with Crippen molar-refractivity contribution in [3.8, 4) is 0 Å². The summed E-state index contributed by atoms with van der Waals surface area (Å²) in [5.74, 6) is -0.468. The summed E-state index contributed by atoms with van der Waals surface area (Å²) in [4.78, 5) is 40.2. The second-order valence-electron chi connectivity index (χ2n) is 9.06. The first-order valence-corrected chi connectivity index (χ1v) is 11.7. The smallest absolute Gasteiger partial charge is 0.245 e. The van der Waals surface area contributed by atoms with Gasteiger partial charge in [0.15, 0.2) is 0 Å². The second-order valence-corrected chi connectivity index (χ2v) is 9.06. The van der Waals surface area contributed by atoms with E-state index in [0.717, 1.165) is 35.6 Å². The molecule has 2 N–H and O–H groups in total. The largest absolute Gasteiger partial charge is 0.356 e. The van der Waals surface area contributed by atoms with Crippen molar-refractivity contribution in [2.45, 2.75) is 52.5 Å². The van der Waals surface area contributed by atoms with Crippen LogP contribution in [0.3, 0.4) is 0 Å². The highest BCUT2D eigenvalue weighted by molar-refractivity contribution is 5.90. The Hall–Kier alpha value is -2.89. The molecular formula is C26H35N3O3. The van der Waals surface area contributed by atoms with Gasteiger partial charge in [0.1, 0.15) is 6.04 Å². The van der Waals surface area contributed by atoms with E-state index in [9.17, 15) is 14.4 Å². The third kappa shape index (κ3) is 6.09. The van der Waals surface area contributed by atoms with Crippen molar-refractivity contribution >= 4 is 28.5 Å². The molecule has 0 saturated carbocycles. The van der Waals surface area contributed by atoms with E-state index < -0.39 is 6.04 Å². The van der Waals surface area contributed by atoms with Gasteiger partial charge in [0.25, 0.3) is 0 Å². The maximum atomic E-state index is 13.3. The molecule has 1 heterocycles. The first kappa shape index (κ1) is 23.8. The number of benzene rings is 2. The number of carbonyl (C=O) groups excluding carboxylic acids is 3. The Morgan fingerprint density at radius 3 is 2.56 bits per heavy atom.